The van der Waals surface area contributed by atoms with Gasteiger partial charge in [-0.1, -0.05) is 23.9 Å². The van der Waals surface area contributed by atoms with Crippen LogP contribution in [0, 0.1) is 5.82 Å². The van der Waals surface area contributed by atoms with Gasteiger partial charge in [-0.15, -0.1) is 10.2 Å². The highest BCUT2D eigenvalue weighted by atomic mass is 32.2. The SMILES string of the molecule is COc1cc(-c2nnc(SCC(=O)NCc3ccc(F)cc3)o2)cc(OC)c1OC. The third kappa shape index (κ3) is 5.20. The van der Waals surface area contributed by atoms with Crippen LogP contribution in [-0.2, 0) is 11.3 Å². The quantitative estimate of drug-likeness (QED) is 0.514. The zero-order valence-corrected chi connectivity index (χ0v) is 17.4. The molecule has 10 heteroatoms. The van der Waals surface area contributed by atoms with E-state index in [4.69, 9.17) is 18.6 Å². The minimum atomic E-state index is -0.320. The van der Waals surface area contributed by atoms with Gasteiger partial charge in [-0.05, 0) is 29.8 Å². The second kappa shape index (κ2) is 9.97. The number of nitrogens with zero attached hydrogens (tertiary/aromatic N) is 2. The number of halogens is 1. The van der Waals surface area contributed by atoms with Crippen molar-refractivity contribution in [1.29, 1.82) is 0 Å². The van der Waals surface area contributed by atoms with Gasteiger partial charge in [0.05, 0.1) is 27.1 Å². The van der Waals surface area contributed by atoms with Crippen molar-refractivity contribution in [2.24, 2.45) is 0 Å². The van der Waals surface area contributed by atoms with E-state index in [-0.39, 0.29) is 28.6 Å². The summed E-state index contributed by atoms with van der Waals surface area (Å²) in [5, 5.41) is 11.0. The molecule has 0 saturated heterocycles. The zero-order chi connectivity index (χ0) is 21.5. The van der Waals surface area contributed by atoms with Crippen LogP contribution in [0.1, 0.15) is 5.56 Å². The van der Waals surface area contributed by atoms with E-state index in [0.29, 0.717) is 29.4 Å². The Labute approximate surface area is 176 Å². The van der Waals surface area contributed by atoms with Crippen molar-refractivity contribution < 1.29 is 27.8 Å². The van der Waals surface area contributed by atoms with Crippen molar-refractivity contribution in [3.05, 3.63) is 47.8 Å². The van der Waals surface area contributed by atoms with Crippen LogP contribution in [0.2, 0.25) is 0 Å². The van der Waals surface area contributed by atoms with Crippen LogP contribution in [-0.4, -0.2) is 43.2 Å². The molecular weight excluding hydrogens is 413 g/mol. The van der Waals surface area contributed by atoms with Crippen molar-refractivity contribution in [2.45, 2.75) is 11.8 Å². The van der Waals surface area contributed by atoms with E-state index < -0.39 is 0 Å². The molecule has 1 amide bonds. The monoisotopic (exact) mass is 433 g/mol. The van der Waals surface area contributed by atoms with E-state index in [2.05, 4.69) is 15.5 Å². The lowest BCUT2D eigenvalue weighted by atomic mass is 10.2. The summed E-state index contributed by atoms with van der Waals surface area (Å²) in [7, 11) is 4.55. The smallest absolute Gasteiger partial charge is 0.277 e. The van der Waals surface area contributed by atoms with Gasteiger partial charge >= 0.3 is 0 Å². The highest BCUT2D eigenvalue weighted by molar-refractivity contribution is 7.99. The summed E-state index contributed by atoms with van der Waals surface area (Å²) >= 11 is 1.11. The summed E-state index contributed by atoms with van der Waals surface area (Å²) in [6, 6.07) is 9.31. The van der Waals surface area contributed by atoms with Gasteiger partial charge in [0, 0.05) is 12.1 Å². The molecule has 1 aromatic heterocycles. The molecule has 0 bridgehead atoms. The first-order valence-electron chi connectivity index (χ1n) is 8.82. The number of benzene rings is 2. The van der Waals surface area contributed by atoms with Crippen LogP contribution in [0.3, 0.4) is 0 Å². The molecule has 0 saturated carbocycles. The summed E-state index contributed by atoms with van der Waals surface area (Å²) in [5.74, 6) is 1.19. The molecule has 2 aromatic carbocycles. The van der Waals surface area contributed by atoms with Crippen LogP contribution in [0.15, 0.2) is 46.0 Å². The number of rotatable bonds is 9. The number of methoxy groups -OCH3 is 3. The van der Waals surface area contributed by atoms with Crippen molar-refractivity contribution in [3.63, 3.8) is 0 Å². The average molecular weight is 433 g/mol. The molecule has 0 aliphatic carbocycles. The van der Waals surface area contributed by atoms with Crippen molar-refractivity contribution >= 4 is 17.7 Å². The topological polar surface area (TPSA) is 95.7 Å². The fourth-order valence-corrected chi connectivity index (χ4v) is 3.16. The molecule has 0 aliphatic rings. The fraction of sp³-hybridized carbons (Fsp3) is 0.250. The summed E-state index contributed by atoms with van der Waals surface area (Å²) in [6.45, 7) is 0.306. The van der Waals surface area contributed by atoms with E-state index in [0.717, 1.165) is 17.3 Å². The predicted molar refractivity (Wildman–Crippen MR) is 108 cm³/mol. The van der Waals surface area contributed by atoms with E-state index >= 15 is 0 Å². The molecule has 1 heterocycles. The standard InChI is InChI=1S/C20H20FN3O5S/c1-26-15-8-13(9-16(27-2)18(15)28-3)19-23-24-20(29-19)30-11-17(25)22-10-12-4-6-14(21)7-5-12/h4-9H,10-11H2,1-3H3,(H,22,25). The number of hydrogen-bond donors (Lipinski definition) is 1. The minimum absolute atomic E-state index is 0.0953. The second-order valence-corrected chi connectivity index (χ2v) is 6.91. The highest BCUT2D eigenvalue weighted by Crippen LogP contribution is 2.41. The van der Waals surface area contributed by atoms with Gasteiger partial charge in [0.25, 0.3) is 5.22 Å². The van der Waals surface area contributed by atoms with Crippen molar-refractivity contribution in [3.8, 4) is 28.7 Å². The lowest BCUT2D eigenvalue weighted by molar-refractivity contribution is -0.118. The molecule has 0 unspecified atom stereocenters. The number of carbonyl (C=O) groups is 1. The zero-order valence-electron chi connectivity index (χ0n) is 16.6. The van der Waals surface area contributed by atoms with E-state index in [1.807, 2.05) is 0 Å². The first-order chi connectivity index (χ1) is 14.5. The maximum absolute atomic E-state index is 12.9. The number of ether oxygens (including phenoxy) is 3. The molecule has 0 spiro atoms. The Morgan fingerprint density at radius 3 is 2.33 bits per heavy atom. The summed E-state index contributed by atoms with van der Waals surface area (Å²) in [4.78, 5) is 12.0. The lowest BCUT2D eigenvalue weighted by Gasteiger charge is -2.12. The molecular formula is C20H20FN3O5S. The Kier molecular flexibility index (Phi) is 7.12. The second-order valence-electron chi connectivity index (χ2n) is 5.98. The van der Waals surface area contributed by atoms with Crippen LogP contribution < -0.4 is 19.5 Å². The van der Waals surface area contributed by atoms with Gasteiger partial charge in [-0.25, -0.2) is 4.39 Å². The van der Waals surface area contributed by atoms with Crippen LogP contribution in [0.5, 0.6) is 17.2 Å². The molecule has 1 N–H and O–H groups in total. The normalized spacial score (nSPS) is 10.5. The third-order valence-electron chi connectivity index (χ3n) is 4.05. The van der Waals surface area contributed by atoms with Gasteiger partial charge in [0.15, 0.2) is 11.5 Å². The summed E-state index contributed by atoms with van der Waals surface area (Å²) in [6.07, 6.45) is 0. The van der Waals surface area contributed by atoms with E-state index in [1.165, 1.54) is 33.5 Å². The Morgan fingerprint density at radius 1 is 1.07 bits per heavy atom. The molecule has 0 radical (unpaired) electrons. The van der Waals surface area contributed by atoms with E-state index in [1.54, 1.807) is 24.3 Å². The summed E-state index contributed by atoms with van der Waals surface area (Å²) < 4.78 is 34.5. The molecule has 3 aromatic rings. The first kappa shape index (κ1) is 21.4. The number of thioether (sulfide) groups is 1. The number of amides is 1. The minimum Gasteiger partial charge on any atom is -0.493 e. The molecule has 8 nitrogen and oxygen atoms in total. The fourth-order valence-electron chi connectivity index (χ4n) is 2.57. The number of aromatic nitrogens is 2. The van der Waals surface area contributed by atoms with Gasteiger partial charge in [0.2, 0.25) is 17.5 Å². The maximum Gasteiger partial charge on any atom is 0.277 e. The Bertz CT molecular complexity index is 985. The first-order valence-corrected chi connectivity index (χ1v) is 9.80. The lowest BCUT2D eigenvalue weighted by Crippen LogP contribution is -2.24. The highest BCUT2D eigenvalue weighted by Gasteiger charge is 2.18. The van der Waals surface area contributed by atoms with Crippen molar-refractivity contribution in [2.75, 3.05) is 27.1 Å². The van der Waals surface area contributed by atoms with Gasteiger partial charge in [0.1, 0.15) is 5.82 Å². The Hall–Kier alpha value is -3.27. The molecule has 3 rings (SSSR count). The van der Waals surface area contributed by atoms with Crippen LogP contribution in [0.25, 0.3) is 11.5 Å². The van der Waals surface area contributed by atoms with Gasteiger partial charge < -0.3 is 23.9 Å². The van der Waals surface area contributed by atoms with Gasteiger partial charge in [-0.2, -0.15) is 0 Å². The average Bonchev–Trinajstić information content (AvgIpc) is 3.25. The number of carbonyl (C=O) groups excluding carboxylic acids is 1. The molecule has 0 atom stereocenters. The molecule has 30 heavy (non-hydrogen) atoms. The Morgan fingerprint density at radius 2 is 1.73 bits per heavy atom. The predicted octanol–water partition coefficient (Wildman–Crippen LogP) is 3.31. The van der Waals surface area contributed by atoms with Crippen molar-refractivity contribution in [1.82, 2.24) is 15.5 Å². The van der Waals surface area contributed by atoms with E-state index in [9.17, 15) is 9.18 Å². The third-order valence-corrected chi connectivity index (χ3v) is 4.87. The Balaban J connectivity index is 1.61. The van der Waals surface area contributed by atoms with Gasteiger partial charge in [-0.3, -0.25) is 4.79 Å². The number of nitrogens with one attached hydrogen (secondary N) is 1. The molecule has 0 fully saturated rings. The largest absolute Gasteiger partial charge is 0.493 e. The summed E-state index contributed by atoms with van der Waals surface area (Å²) in [5.41, 5.74) is 1.39. The van der Waals surface area contributed by atoms with Crippen LogP contribution in [0.4, 0.5) is 4.39 Å². The molecule has 0 aliphatic heterocycles. The molecule has 158 valence electrons. The van der Waals surface area contributed by atoms with Crippen LogP contribution >= 0.6 is 11.8 Å². The number of hydrogen-bond acceptors (Lipinski definition) is 8. The maximum atomic E-state index is 12.9.